The first-order valence-electron chi connectivity index (χ1n) is 8.79. The molecule has 3 N–H and O–H groups in total. The van der Waals surface area contributed by atoms with Gasteiger partial charge in [-0.2, -0.15) is 10.5 Å². The molecular formula is C22H18ClFN4S. The summed E-state index contributed by atoms with van der Waals surface area (Å²) in [7, 11) is 0. The van der Waals surface area contributed by atoms with Crippen LogP contribution in [0.2, 0.25) is 5.02 Å². The Kier molecular flexibility index (Phi) is 5.88. The van der Waals surface area contributed by atoms with Crippen LogP contribution < -0.4 is 11.1 Å². The number of nitrogens with one attached hydrogen (secondary N) is 1. The summed E-state index contributed by atoms with van der Waals surface area (Å²) in [6.07, 6.45) is 0. The van der Waals surface area contributed by atoms with Crippen LogP contribution in [0.15, 0.2) is 57.2 Å². The van der Waals surface area contributed by atoms with Gasteiger partial charge in [0, 0.05) is 15.5 Å². The van der Waals surface area contributed by atoms with E-state index in [4.69, 9.17) is 17.3 Å². The molecule has 146 valence electrons. The predicted molar refractivity (Wildman–Crippen MR) is 113 cm³/mol. The Morgan fingerprint density at radius 2 is 1.72 bits per heavy atom. The number of nitrogens with two attached hydrogens (primary N) is 1. The highest BCUT2D eigenvalue weighted by atomic mass is 35.5. The number of nitrogens with zero attached hydrogens (tertiary/aromatic N) is 2. The van der Waals surface area contributed by atoms with Crippen LogP contribution in [0.5, 0.6) is 0 Å². The third kappa shape index (κ3) is 3.82. The normalized spacial score (nSPS) is 16.3. The average molecular weight is 425 g/mol. The van der Waals surface area contributed by atoms with Gasteiger partial charge in [0.15, 0.2) is 0 Å². The molecule has 3 rings (SSSR count). The zero-order chi connectivity index (χ0) is 21.3. The van der Waals surface area contributed by atoms with E-state index in [0.29, 0.717) is 5.03 Å². The summed E-state index contributed by atoms with van der Waals surface area (Å²) in [4.78, 5) is 0.970. The number of hydrogen-bond acceptors (Lipinski definition) is 5. The van der Waals surface area contributed by atoms with Crippen molar-refractivity contribution in [2.24, 2.45) is 5.73 Å². The maximum atomic E-state index is 14.7. The highest BCUT2D eigenvalue weighted by Crippen LogP contribution is 2.45. The first-order chi connectivity index (χ1) is 13.8. The molecular weight excluding hydrogens is 407 g/mol. The van der Waals surface area contributed by atoms with Gasteiger partial charge >= 0.3 is 0 Å². The fourth-order valence-electron chi connectivity index (χ4n) is 3.51. The molecule has 1 heterocycles. The fraction of sp³-hybridized carbons (Fsp3) is 0.182. The van der Waals surface area contributed by atoms with E-state index in [1.807, 2.05) is 26.8 Å². The maximum absolute atomic E-state index is 14.7. The van der Waals surface area contributed by atoms with Crippen molar-refractivity contribution in [2.75, 3.05) is 0 Å². The second-order valence-electron chi connectivity index (χ2n) is 6.82. The number of thioether (sulfide) groups is 1. The van der Waals surface area contributed by atoms with Crippen LogP contribution in [0, 0.1) is 49.3 Å². The minimum absolute atomic E-state index is 0.0650. The lowest BCUT2D eigenvalue weighted by atomic mass is 9.84. The summed E-state index contributed by atoms with van der Waals surface area (Å²) in [5.74, 6) is -1.49. The van der Waals surface area contributed by atoms with E-state index in [1.165, 1.54) is 30.0 Å². The molecule has 1 unspecified atom stereocenters. The van der Waals surface area contributed by atoms with Crippen molar-refractivity contribution < 1.29 is 4.39 Å². The second kappa shape index (κ2) is 8.21. The predicted octanol–water partition coefficient (Wildman–Crippen LogP) is 5.31. The molecule has 0 radical (unpaired) electrons. The Hall–Kier alpha value is -2.93. The highest BCUT2D eigenvalue weighted by molar-refractivity contribution is 8.03. The largest absolute Gasteiger partial charge is 0.384 e. The molecule has 29 heavy (non-hydrogen) atoms. The monoisotopic (exact) mass is 424 g/mol. The third-order valence-electron chi connectivity index (χ3n) is 4.70. The van der Waals surface area contributed by atoms with Crippen LogP contribution in [0.1, 0.15) is 28.2 Å². The Morgan fingerprint density at radius 1 is 1.10 bits per heavy atom. The summed E-state index contributed by atoms with van der Waals surface area (Å²) in [6.45, 7) is 6.00. The summed E-state index contributed by atoms with van der Waals surface area (Å²) in [5.41, 5.74) is 9.67. The van der Waals surface area contributed by atoms with E-state index < -0.39 is 11.7 Å². The summed E-state index contributed by atoms with van der Waals surface area (Å²) >= 11 is 7.60. The van der Waals surface area contributed by atoms with Gasteiger partial charge in [0.05, 0.1) is 34.2 Å². The Balaban J connectivity index is 2.22. The van der Waals surface area contributed by atoms with Crippen LogP contribution >= 0.6 is 23.4 Å². The van der Waals surface area contributed by atoms with E-state index in [0.717, 1.165) is 21.6 Å². The van der Waals surface area contributed by atoms with Gasteiger partial charge in [0.1, 0.15) is 11.6 Å². The smallest absolute Gasteiger partial charge is 0.128 e. The standard InChI is InChI=1S/C22H18ClFN4S/c1-11-7-12(2)20(13(3)8-11)29-22-15(10-26)18(14(9-25)21(27)28-22)19-16(23)5-4-6-17(19)24/h4-8,18,28H,27H2,1-3H3. The van der Waals surface area contributed by atoms with Crippen molar-refractivity contribution in [3.05, 3.63) is 85.4 Å². The van der Waals surface area contributed by atoms with E-state index in [9.17, 15) is 14.9 Å². The molecule has 7 heteroatoms. The van der Waals surface area contributed by atoms with Crippen molar-refractivity contribution >= 4 is 23.4 Å². The molecule has 0 aliphatic carbocycles. The van der Waals surface area contributed by atoms with Gasteiger partial charge in [0.25, 0.3) is 0 Å². The molecule has 0 fully saturated rings. The minimum Gasteiger partial charge on any atom is -0.384 e. The van der Waals surface area contributed by atoms with Crippen LogP contribution in [-0.2, 0) is 0 Å². The average Bonchev–Trinajstić information content (AvgIpc) is 2.64. The van der Waals surface area contributed by atoms with Gasteiger partial charge in [-0.05, 0) is 44.0 Å². The molecule has 1 atom stereocenters. The number of dihydropyridines is 1. The molecule has 0 spiro atoms. The summed E-state index contributed by atoms with van der Waals surface area (Å²) < 4.78 is 14.7. The lowest BCUT2D eigenvalue weighted by Crippen LogP contribution is -2.29. The van der Waals surface area contributed by atoms with Crippen LogP contribution in [0.3, 0.4) is 0 Å². The lowest BCUT2D eigenvalue weighted by Gasteiger charge is -2.28. The molecule has 0 bridgehead atoms. The van der Waals surface area contributed by atoms with Crippen LogP contribution in [-0.4, -0.2) is 0 Å². The maximum Gasteiger partial charge on any atom is 0.128 e. The fourth-order valence-corrected chi connectivity index (χ4v) is 4.86. The van der Waals surface area contributed by atoms with Gasteiger partial charge in [-0.25, -0.2) is 4.39 Å². The van der Waals surface area contributed by atoms with Crippen molar-refractivity contribution in [2.45, 2.75) is 31.6 Å². The van der Waals surface area contributed by atoms with Crippen molar-refractivity contribution in [3.63, 3.8) is 0 Å². The molecule has 4 nitrogen and oxygen atoms in total. The Morgan fingerprint density at radius 3 is 2.28 bits per heavy atom. The Bertz CT molecular complexity index is 1110. The summed E-state index contributed by atoms with van der Waals surface area (Å²) in [6, 6.07) is 12.5. The number of benzene rings is 2. The zero-order valence-electron chi connectivity index (χ0n) is 16.1. The number of halogens is 2. The zero-order valence-corrected chi connectivity index (χ0v) is 17.7. The summed E-state index contributed by atoms with van der Waals surface area (Å²) in [5, 5.41) is 23.1. The molecule has 0 saturated carbocycles. The Labute approximate surface area is 178 Å². The topological polar surface area (TPSA) is 85.6 Å². The number of nitriles is 2. The van der Waals surface area contributed by atoms with Crippen molar-refractivity contribution in [1.29, 1.82) is 10.5 Å². The first kappa shape index (κ1) is 20.8. The van der Waals surface area contributed by atoms with E-state index in [-0.39, 0.29) is 27.6 Å². The molecule has 0 amide bonds. The van der Waals surface area contributed by atoms with Crippen molar-refractivity contribution in [1.82, 2.24) is 5.32 Å². The number of allylic oxidation sites excluding steroid dienone is 2. The number of aryl methyl sites for hydroxylation is 3. The van der Waals surface area contributed by atoms with Gasteiger partial charge < -0.3 is 11.1 Å². The highest BCUT2D eigenvalue weighted by Gasteiger charge is 2.35. The van der Waals surface area contributed by atoms with Crippen LogP contribution in [0.25, 0.3) is 0 Å². The van der Waals surface area contributed by atoms with Gasteiger partial charge in [0.2, 0.25) is 0 Å². The number of rotatable bonds is 3. The molecule has 0 aromatic heterocycles. The van der Waals surface area contributed by atoms with Crippen LogP contribution in [0.4, 0.5) is 4.39 Å². The molecule has 1 aliphatic heterocycles. The minimum atomic E-state index is -0.978. The van der Waals surface area contributed by atoms with Gasteiger partial charge in [-0.15, -0.1) is 0 Å². The molecule has 0 saturated heterocycles. The van der Waals surface area contributed by atoms with E-state index >= 15 is 0 Å². The van der Waals surface area contributed by atoms with Crippen molar-refractivity contribution in [3.8, 4) is 12.1 Å². The number of hydrogen-bond donors (Lipinski definition) is 2. The third-order valence-corrected chi connectivity index (χ3v) is 6.40. The van der Waals surface area contributed by atoms with Gasteiger partial charge in [-0.1, -0.05) is 47.1 Å². The first-order valence-corrected chi connectivity index (χ1v) is 9.98. The van der Waals surface area contributed by atoms with E-state index in [2.05, 4.69) is 23.5 Å². The van der Waals surface area contributed by atoms with E-state index in [1.54, 1.807) is 0 Å². The lowest BCUT2D eigenvalue weighted by molar-refractivity contribution is 0.604. The molecule has 2 aromatic carbocycles. The quantitative estimate of drug-likeness (QED) is 0.697. The van der Waals surface area contributed by atoms with Gasteiger partial charge in [-0.3, -0.25) is 0 Å². The molecule has 2 aromatic rings. The SMILES string of the molecule is Cc1cc(C)c(SC2=C(C#N)C(c3c(F)cccc3Cl)C(C#N)=C(N)N2)c(C)c1. The molecule has 1 aliphatic rings. The second-order valence-corrected chi connectivity index (χ2v) is 8.24.